The molecule has 1 aliphatic rings. The second-order valence-corrected chi connectivity index (χ2v) is 9.08. The highest BCUT2D eigenvalue weighted by Gasteiger charge is 2.19. The second-order valence-electron chi connectivity index (χ2n) is 9.08. The van der Waals surface area contributed by atoms with Gasteiger partial charge in [0.15, 0.2) is 5.58 Å². The first-order valence-corrected chi connectivity index (χ1v) is 11.3. The van der Waals surface area contributed by atoms with Crippen molar-refractivity contribution < 1.29 is 4.42 Å². The SMILES string of the molecule is Cc1cnc(Nc2ccc3c(c2)CN(CCC(C)C)C3)nc1Nc1ccc2oc(=O)[nH]c2c1. The summed E-state index contributed by atoms with van der Waals surface area (Å²) in [7, 11) is 0. The summed E-state index contributed by atoms with van der Waals surface area (Å²) in [6.07, 6.45) is 3.01. The Hall–Kier alpha value is -3.65. The van der Waals surface area contributed by atoms with Gasteiger partial charge in [0.25, 0.3) is 0 Å². The molecule has 0 atom stereocenters. The van der Waals surface area contributed by atoms with Gasteiger partial charge in [0.05, 0.1) is 5.52 Å². The third-order valence-corrected chi connectivity index (χ3v) is 5.93. The lowest BCUT2D eigenvalue weighted by atomic mass is 10.1. The van der Waals surface area contributed by atoms with Crippen molar-refractivity contribution in [1.29, 1.82) is 0 Å². The Balaban J connectivity index is 1.30. The van der Waals surface area contributed by atoms with Crippen LogP contribution in [0.3, 0.4) is 0 Å². The van der Waals surface area contributed by atoms with E-state index in [-0.39, 0.29) is 0 Å². The highest BCUT2D eigenvalue weighted by molar-refractivity contribution is 5.78. The summed E-state index contributed by atoms with van der Waals surface area (Å²) >= 11 is 0. The minimum Gasteiger partial charge on any atom is -0.408 e. The predicted molar refractivity (Wildman–Crippen MR) is 130 cm³/mol. The van der Waals surface area contributed by atoms with Crippen LogP contribution >= 0.6 is 0 Å². The van der Waals surface area contributed by atoms with E-state index in [1.165, 1.54) is 17.5 Å². The third kappa shape index (κ3) is 4.75. The van der Waals surface area contributed by atoms with Crippen LogP contribution in [-0.4, -0.2) is 26.4 Å². The van der Waals surface area contributed by atoms with E-state index in [1.807, 2.05) is 19.1 Å². The predicted octanol–water partition coefficient (Wildman–Crippen LogP) is 5.07. The Morgan fingerprint density at radius 3 is 2.73 bits per heavy atom. The van der Waals surface area contributed by atoms with E-state index in [1.54, 1.807) is 12.3 Å². The molecule has 3 heterocycles. The maximum absolute atomic E-state index is 11.4. The fourth-order valence-corrected chi connectivity index (χ4v) is 4.07. The lowest BCUT2D eigenvalue weighted by Crippen LogP contribution is -2.18. The minimum atomic E-state index is -0.468. The van der Waals surface area contributed by atoms with Gasteiger partial charge in [0.2, 0.25) is 5.95 Å². The largest absolute Gasteiger partial charge is 0.417 e. The number of hydrogen-bond donors (Lipinski definition) is 3. The van der Waals surface area contributed by atoms with Crippen LogP contribution < -0.4 is 16.4 Å². The van der Waals surface area contributed by atoms with Gasteiger partial charge in [0, 0.05) is 36.2 Å². The molecule has 1 aliphatic heterocycles. The summed E-state index contributed by atoms with van der Waals surface area (Å²) in [4.78, 5) is 25.7. The van der Waals surface area contributed by atoms with E-state index in [0.717, 1.165) is 42.5 Å². The summed E-state index contributed by atoms with van der Waals surface area (Å²) in [6.45, 7) is 9.62. The average molecular weight is 445 g/mol. The van der Waals surface area contributed by atoms with Gasteiger partial charge >= 0.3 is 5.76 Å². The normalized spacial score (nSPS) is 13.6. The molecule has 0 fully saturated rings. The Labute approximate surface area is 192 Å². The van der Waals surface area contributed by atoms with Crippen LogP contribution in [0.1, 0.15) is 37.0 Å². The van der Waals surface area contributed by atoms with Crippen molar-refractivity contribution in [3.63, 3.8) is 0 Å². The van der Waals surface area contributed by atoms with Gasteiger partial charge in [-0.1, -0.05) is 19.9 Å². The van der Waals surface area contributed by atoms with Gasteiger partial charge < -0.3 is 15.1 Å². The molecule has 33 heavy (non-hydrogen) atoms. The summed E-state index contributed by atoms with van der Waals surface area (Å²) in [5, 5.41) is 6.65. The van der Waals surface area contributed by atoms with Crippen LogP contribution in [0.4, 0.5) is 23.1 Å². The maximum atomic E-state index is 11.4. The molecule has 0 amide bonds. The number of hydrogen-bond acceptors (Lipinski definition) is 7. The van der Waals surface area contributed by atoms with Gasteiger partial charge in [-0.15, -0.1) is 0 Å². The van der Waals surface area contributed by atoms with Crippen molar-refractivity contribution in [2.75, 3.05) is 17.2 Å². The van der Waals surface area contributed by atoms with E-state index in [4.69, 9.17) is 4.42 Å². The van der Waals surface area contributed by atoms with Crippen LogP contribution in [0.2, 0.25) is 0 Å². The molecule has 170 valence electrons. The summed E-state index contributed by atoms with van der Waals surface area (Å²) in [5.41, 5.74) is 6.59. The molecule has 0 spiro atoms. The Kier molecular flexibility index (Phi) is 5.60. The number of nitrogens with one attached hydrogen (secondary N) is 3. The third-order valence-electron chi connectivity index (χ3n) is 5.93. The fraction of sp³-hybridized carbons (Fsp3) is 0.320. The van der Waals surface area contributed by atoms with Crippen molar-refractivity contribution in [3.05, 3.63) is 69.8 Å². The highest BCUT2D eigenvalue weighted by atomic mass is 16.4. The van der Waals surface area contributed by atoms with Crippen molar-refractivity contribution in [3.8, 4) is 0 Å². The number of nitrogens with zero attached hydrogens (tertiary/aromatic N) is 3. The van der Waals surface area contributed by atoms with Gasteiger partial charge in [-0.05, 0) is 67.3 Å². The number of aromatic nitrogens is 3. The zero-order valence-corrected chi connectivity index (χ0v) is 19.1. The number of benzene rings is 2. The smallest absolute Gasteiger partial charge is 0.408 e. The van der Waals surface area contributed by atoms with Crippen molar-refractivity contribution in [2.24, 2.45) is 5.92 Å². The van der Waals surface area contributed by atoms with Gasteiger partial charge in [-0.2, -0.15) is 4.98 Å². The summed E-state index contributed by atoms with van der Waals surface area (Å²) in [6, 6.07) is 11.9. The van der Waals surface area contributed by atoms with E-state index in [0.29, 0.717) is 22.9 Å². The van der Waals surface area contributed by atoms with E-state index in [9.17, 15) is 4.79 Å². The van der Waals surface area contributed by atoms with E-state index < -0.39 is 5.76 Å². The Morgan fingerprint density at radius 1 is 1.09 bits per heavy atom. The van der Waals surface area contributed by atoms with Crippen LogP contribution in [0.15, 0.2) is 51.8 Å². The van der Waals surface area contributed by atoms with Crippen LogP contribution in [0.5, 0.6) is 0 Å². The molecule has 3 N–H and O–H groups in total. The highest BCUT2D eigenvalue weighted by Crippen LogP contribution is 2.28. The number of aryl methyl sites for hydroxylation is 1. The molecule has 0 unspecified atom stereocenters. The van der Waals surface area contributed by atoms with E-state index >= 15 is 0 Å². The molecular weight excluding hydrogens is 416 g/mol. The molecule has 5 rings (SSSR count). The lowest BCUT2D eigenvalue weighted by molar-refractivity contribution is 0.266. The molecule has 8 nitrogen and oxygen atoms in total. The minimum absolute atomic E-state index is 0.468. The van der Waals surface area contributed by atoms with Gasteiger partial charge in [-0.3, -0.25) is 9.88 Å². The number of aromatic amines is 1. The molecule has 4 aromatic rings. The summed E-state index contributed by atoms with van der Waals surface area (Å²) < 4.78 is 5.07. The molecule has 2 aromatic carbocycles. The Morgan fingerprint density at radius 2 is 1.88 bits per heavy atom. The second kappa shape index (κ2) is 8.71. The first-order valence-electron chi connectivity index (χ1n) is 11.3. The summed E-state index contributed by atoms with van der Waals surface area (Å²) in [5.74, 6) is 1.47. The molecular formula is C25H28N6O2. The standard InChI is InChI=1S/C25H28N6O2/c1-15(2)8-9-31-13-17-4-5-19(10-18(17)14-31)28-24-26-12-16(3)23(30-24)27-20-6-7-22-21(11-20)29-25(32)33-22/h4-7,10-12,15H,8-9,13-14H2,1-3H3,(H,29,32)(H2,26,27,28,30). The molecule has 2 aromatic heterocycles. The van der Waals surface area contributed by atoms with Crippen molar-refractivity contribution in [2.45, 2.75) is 40.3 Å². The molecule has 0 bridgehead atoms. The molecule has 0 saturated heterocycles. The average Bonchev–Trinajstić information content (AvgIpc) is 3.36. The first-order chi connectivity index (χ1) is 15.9. The van der Waals surface area contributed by atoms with Crippen LogP contribution in [0.25, 0.3) is 11.1 Å². The van der Waals surface area contributed by atoms with E-state index in [2.05, 4.69) is 62.5 Å². The number of rotatable bonds is 7. The fourth-order valence-electron chi connectivity index (χ4n) is 4.07. The first kappa shape index (κ1) is 21.2. The zero-order valence-electron chi connectivity index (χ0n) is 19.1. The lowest BCUT2D eigenvalue weighted by Gasteiger charge is -2.15. The number of H-pyrrole nitrogens is 1. The molecule has 0 saturated carbocycles. The topological polar surface area (TPSA) is 99.1 Å². The number of fused-ring (bicyclic) bond motifs is 2. The quantitative estimate of drug-likeness (QED) is 0.366. The number of oxazole rings is 1. The molecule has 0 aliphatic carbocycles. The van der Waals surface area contributed by atoms with Crippen molar-refractivity contribution >= 4 is 34.2 Å². The number of anilines is 4. The molecule has 0 radical (unpaired) electrons. The monoisotopic (exact) mass is 444 g/mol. The zero-order chi connectivity index (χ0) is 22.9. The van der Waals surface area contributed by atoms with Crippen LogP contribution in [-0.2, 0) is 13.1 Å². The van der Waals surface area contributed by atoms with Crippen molar-refractivity contribution in [1.82, 2.24) is 19.9 Å². The van der Waals surface area contributed by atoms with Gasteiger partial charge in [-0.25, -0.2) is 9.78 Å². The van der Waals surface area contributed by atoms with Crippen LogP contribution in [0, 0.1) is 12.8 Å². The Bertz CT molecular complexity index is 1360. The van der Waals surface area contributed by atoms with Gasteiger partial charge in [0.1, 0.15) is 5.82 Å². The molecule has 8 heteroatoms. The maximum Gasteiger partial charge on any atom is 0.417 e.